The third kappa shape index (κ3) is 4.25. The first-order chi connectivity index (χ1) is 10.6. The van der Waals surface area contributed by atoms with Gasteiger partial charge in [-0.15, -0.1) is 0 Å². The van der Waals surface area contributed by atoms with Crippen molar-refractivity contribution in [2.75, 3.05) is 18.5 Å². The number of amides is 1. The van der Waals surface area contributed by atoms with E-state index >= 15 is 0 Å². The highest BCUT2D eigenvalue weighted by atomic mass is 16.5. The molecule has 0 aliphatic carbocycles. The number of para-hydroxylation sites is 3. The number of rotatable bonds is 6. The van der Waals surface area contributed by atoms with Crippen LogP contribution in [-0.4, -0.2) is 19.1 Å². The Morgan fingerprint density at radius 2 is 1.59 bits per heavy atom. The zero-order valence-corrected chi connectivity index (χ0v) is 13.2. The summed E-state index contributed by atoms with van der Waals surface area (Å²) in [4.78, 5) is 11.2. The van der Waals surface area contributed by atoms with Gasteiger partial charge in [0.25, 0.3) is 0 Å². The number of hydrogen-bond acceptors (Lipinski definition) is 3. The molecular weight excluding hydrogens is 278 g/mol. The first-order valence-corrected chi connectivity index (χ1v) is 7.26. The summed E-state index contributed by atoms with van der Waals surface area (Å²) in [7, 11) is 0. The van der Waals surface area contributed by atoms with Gasteiger partial charge >= 0.3 is 0 Å². The van der Waals surface area contributed by atoms with Gasteiger partial charge < -0.3 is 14.8 Å². The summed E-state index contributed by atoms with van der Waals surface area (Å²) < 4.78 is 11.5. The predicted octanol–water partition coefficient (Wildman–Crippen LogP) is 3.72. The molecule has 0 atom stereocenters. The molecule has 2 aromatic rings. The van der Waals surface area contributed by atoms with Crippen molar-refractivity contribution in [2.24, 2.45) is 0 Å². The van der Waals surface area contributed by atoms with Crippen LogP contribution in [0.2, 0.25) is 0 Å². The minimum atomic E-state index is -0.122. The van der Waals surface area contributed by atoms with Gasteiger partial charge in [-0.3, -0.25) is 4.79 Å². The average molecular weight is 299 g/mol. The van der Waals surface area contributed by atoms with Gasteiger partial charge in [-0.2, -0.15) is 0 Å². The van der Waals surface area contributed by atoms with Crippen molar-refractivity contribution in [2.45, 2.75) is 20.8 Å². The summed E-state index contributed by atoms with van der Waals surface area (Å²) in [5.74, 6) is 1.42. The van der Waals surface area contributed by atoms with Gasteiger partial charge in [0, 0.05) is 6.92 Å². The second-order valence-electron chi connectivity index (χ2n) is 5.10. The Bertz CT molecular complexity index is 632. The van der Waals surface area contributed by atoms with Crippen LogP contribution in [0.1, 0.15) is 18.1 Å². The monoisotopic (exact) mass is 299 g/mol. The van der Waals surface area contributed by atoms with Crippen LogP contribution in [0.25, 0.3) is 0 Å². The quantitative estimate of drug-likeness (QED) is 0.827. The number of hydrogen-bond donors (Lipinski definition) is 1. The van der Waals surface area contributed by atoms with Crippen molar-refractivity contribution in [1.82, 2.24) is 0 Å². The molecule has 1 N–H and O–H groups in total. The van der Waals surface area contributed by atoms with E-state index in [0.29, 0.717) is 24.7 Å². The summed E-state index contributed by atoms with van der Waals surface area (Å²) in [6.45, 7) is 6.37. The van der Waals surface area contributed by atoms with E-state index in [1.807, 2.05) is 56.3 Å². The normalized spacial score (nSPS) is 10.1. The Labute approximate surface area is 131 Å². The van der Waals surface area contributed by atoms with Gasteiger partial charge in [0.1, 0.15) is 24.7 Å². The zero-order valence-electron chi connectivity index (χ0n) is 13.2. The standard InChI is InChI=1S/C18H21NO3/c1-13-7-6-8-14(2)18(13)22-12-11-21-17-10-5-4-9-16(17)19-15(3)20/h4-10H,11-12H2,1-3H3,(H,19,20). The van der Waals surface area contributed by atoms with E-state index in [1.54, 1.807) is 0 Å². The Balaban J connectivity index is 1.91. The smallest absolute Gasteiger partial charge is 0.221 e. The van der Waals surface area contributed by atoms with Crippen LogP contribution in [-0.2, 0) is 4.79 Å². The zero-order chi connectivity index (χ0) is 15.9. The summed E-state index contributed by atoms with van der Waals surface area (Å²) in [6, 6.07) is 13.4. The lowest BCUT2D eigenvalue weighted by Crippen LogP contribution is -2.12. The summed E-state index contributed by atoms with van der Waals surface area (Å²) >= 11 is 0. The Hall–Kier alpha value is -2.49. The van der Waals surface area contributed by atoms with Crippen molar-refractivity contribution in [3.63, 3.8) is 0 Å². The molecular formula is C18H21NO3. The minimum Gasteiger partial charge on any atom is -0.489 e. The molecule has 1 amide bonds. The lowest BCUT2D eigenvalue weighted by molar-refractivity contribution is -0.114. The van der Waals surface area contributed by atoms with E-state index in [9.17, 15) is 4.79 Å². The first kappa shape index (κ1) is 15.9. The lowest BCUT2D eigenvalue weighted by Gasteiger charge is -2.14. The lowest BCUT2D eigenvalue weighted by atomic mass is 10.1. The Morgan fingerprint density at radius 3 is 2.27 bits per heavy atom. The SMILES string of the molecule is CC(=O)Nc1ccccc1OCCOc1c(C)cccc1C. The molecule has 0 aliphatic rings. The van der Waals surface area contributed by atoms with Crippen LogP contribution < -0.4 is 14.8 Å². The van der Waals surface area contributed by atoms with Gasteiger partial charge in [0.15, 0.2) is 0 Å². The number of anilines is 1. The molecule has 0 fully saturated rings. The number of ether oxygens (including phenoxy) is 2. The fourth-order valence-corrected chi connectivity index (χ4v) is 2.21. The first-order valence-electron chi connectivity index (χ1n) is 7.26. The van der Waals surface area contributed by atoms with Crippen LogP contribution in [0, 0.1) is 13.8 Å². The van der Waals surface area contributed by atoms with Crippen molar-refractivity contribution < 1.29 is 14.3 Å². The van der Waals surface area contributed by atoms with Crippen LogP contribution >= 0.6 is 0 Å². The molecule has 2 rings (SSSR count). The molecule has 22 heavy (non-hydrogen) atoms. The molecule has 0 heterocycles. The average Bonchev–Trinajstić information content (AvgIpc) is 2.47. The highest BCUT2D eigenvalue weighted by molar-refractivity contribution is 5.90. The maximum absolute atomic E-state index is 11.2. The van der Waals surface area contributed by atoms with E-state index in [1.165, 1.54) is 6.92 Å². The third-order valence-corrected chi connectivity index (χ3v) is 3.19. The molecule has 0 aliphatic heterocycles. The molecule has 0 saturated carbocycles. The molecule has 4 heteroatoms. The highest BCUT2D eigenvalue weighted by Gasteiger charge is 2.06. The highest BCUT2D eigenvalue weighted by Crippen LogP contribution is 2.24. The van der Waals surface area contributed by atoms with Crippen LogP contribution in [0.15, 0.2) is 42.5 Å². The molecule has 0 spiro atoms. The molecule has 116 valence electrons. The summed E-state index contributed by atoms with van der Waals surface area (Å²) in [6.07, 6.45) is 0. The van der Waals surface area contributed by atoms with E-state index in [4.69, 9.17) is 9.47 Å². The fourth-order valence-electron chi connectivity index (χ4n) is 2.21. The van der Waals surface area contributed by atoms with Crippen molar-refractivity contribution in [3.05, 3.63) is 53.6 Å². The minimum absolute atomic E-state index is 0.122. The maximum atomic E-state index is 11.2. The number of carbonyl (C=O) groups is 1. The van der Waals surface area contributed by atoms with Crippen LogP contribution in [0.5, 0.6) is 11.5 Å². The maximum Gasteiger partial charge on any atom is 0.221 e. The van der Waals surface area contributed by atoms with Crippen molar-refractivity contribution >= 4 is 11.6 Å². The molecule has 0 unspecified atom stereocenters. The molecule has 0 saturated heterocycles. The molecule has 0 bridgehead atoms. The summed E-state index contributed by atoms with van der Waals surface area (Å²) in [5, 5.41) is 2.75. The van der Waals surface area contributed by atoms with Crippen LogP contribution in [0.3, 0.4) is 0 Å². The largest absolute Gasteiger partial charge is 0.489 e. The number of benzene rings is 2. The van der Waals surface area contributed by atoms with Gasteiger partial charge in [0.2, 0.25) is 5.91 Å². The van der Waals surface area contributed by atoms with Crippen molar-refractivity contribution in [3.8, 4) is 11.5 Å². The topological polar surface area (TPSA) is 47.6 Å². The third-order valence-electron chi connectivity index (χ3n) is 3.19. The van der Waals surface area contributed by atoms with Crippen LogP contribution in [0.4, 0.5) is 5.69 Å². The van der Waals surface area contributed by atoms with Gasteiger partial charge in [-0.05, 0) is 37.1 Å². The van der Waals surface area contributed by atoms with E-state index in [-0.39, 0.29) is 5.91 Å². The van der Waals surface area contributed by atoms with Gasteiger partial charge in [0.05, 0.1) is 5.69 Å². The fraction of sp³-hybridized carbons (Fsp3) is 0.278. The number of carbonyl (C=O) groups excluding carboxylic acids is 1. The van der Waals surface area contributed by atoms with Gasteiger partial charge in [-0.25, -0.2) is 0 Å². The number of aryl methyl sites for hydroxylation is 2. The van der Waals surface area contributed by atoms with Crippen molar-refractivity contribution in [1.29, 1.82) is 0 Å². The van der Waals surface area contributed by atoms with Gasteiger partial charge in [-0.1, -0.05) is 30.3 Å². The predicted molar refractivity (Wildman–Crippen MR) is 87.7 cm³/mol. The molecule has 0 radical (unpaired) electrons. The Kier molecular flexibility index (Phi) is 5.42. The molecule has 0 aromatic heterocycles. The Morgan fingerprint density at radius 1 is 0.955 bits per heavy atom. The number of nitrogens with one attached hydrogen (secondary N) is 1. The molecule has 4 nitrogen and oxygen atoms in total. The van der Waals surface area contributed by atoms with E-state index in [2.05, 4.69) is 5.32 Å². The van der Waals surface area contributed by atoms with E-state index in [0.717, 1.165) is 16.9 Å². The van der Waals surface area contributed by atoms with E-state index < -0.39 is 0 Å². The summed E-state index contributed by atoms with van der Waals surface area (Å²) in [5.41, 5.74) is 2.89. The second-order valence-corrected chi connectivity index (χ2v) is 5.10. The second kappa shape index (κ2) is 7.50. The molecule has 2 aromatic carbocycles.